The van der Waals surface area contributed by atoms with Crippen LogP contribution in [0, 0.1) is 0 Å². The first-order valence-corrected chi connectivity index (χ1v) is 7.01. The monoisotopic (exact) mass is 284 g/mol. The van der Waals surface area contributed by atoms with E-state index >= 15 is 0 Å². The van der Waals surface area contributed by atoms with E-state index in [2.05, 4.69) is 10.3 Å². The Morgan fingerprint density at radius 3 is 2.71 bits per heavy atom. The van der Waals surface area contributed by atoms with Gasteiger partial charge in [-0.1, -0.05) is 30.3 Å². The number of amides is 1. The molecule has 1 aromatic carbocycles. The van der Waals surface area contributed by atoms with Crippen LogP contribution in [0.2, 0.25) is 0 Å². The first-order chi connectivity index (χ1) is 10.3. The topological polar surface area (TPSA) is 51.2 Å². The first kappa shape index (κ1) is 15.2. The Morgan fingerprint density at radius 1 is 1.19 bits per heavy atom. The number of methoxy groups -OCH3 is 1. The van der Waals surface area contributed by atoms with Crippen molar-refractivity contribution in [1.29, 1.82) is 0 Å². The molecular weight excluding hydrogens is 264 g/mol. The van der Waals surface area contributed by atoms with Crippen LogP contribution >= 0.6 is 0 Å². The van der Waals surface area contributed by atoms with Crippen LogP contribution in [0.15, 0.2) is 48.8 Å². The predicted octanol–water partition coefficient (Wildman–Crippen LogP) is 2.48. The molecule has 2 rings (SSSR count). The van der Waals surface area contributed by atoms with Gasteiger partial charge in [-0.25, -0.2) is 0 Å². The molecule has 110 valence electrons. The van der Waals surface area contributed by atoms with E-state index in [4.69, 9.17) is 4.74 Å². The summed E-state index contributed by atoms with van der Waals surface area (Å²) in [6.07, 6.45) is 4.70. The highest BCUT2D eigenvalue weighted by molar-refractivity contribution is 5.76. The molecular formula is C17H20N2O2. The number of pyridine rings is 1. The van der Waals surface area contributed by atoms with Crippen LogP contribution in [0.4, 0.5) is 0 Å². The van der Waals surface area contributed by atoms with Crippen molar-refractivity contribution in [3.63, 3.8) is 0 Å². The number of hydrogen-bond acceptors (Lipinski definition) is 3. The lowest BCUT2D eigenvalue weighted by molar-refractivity contribution is -0.121. The van der Waals surface area contributed by atoms with Crippen molar-refractivity contribution in [2.45, 2.75) is 26.0 Å². The van der Waals surface area contributed by atoms with Gasteiger partial charge in [-0.2, -0.15) is 0 Å². The summed E-state index contributed by atoms with van der Waals surface area (Å²) >= 11 is 0. The van der Waals surface area contributed by atoms with E-state index in [9.17, 15) is 4.79 Å². The van der Waals surface area contributed by atoms with Crippen LogP contribution in [-0.4, -0.2) is 18.0 Å². The summed E-state index contributed by atoms with van der Waals surface area (Å²) in [6.45, 7) is 1.09. The van der Waals surface area contributed by atoms with E-state index in [0.717, 1.165) is 16.7 Å². The van der Waals surface area contributed by atoms with E-state index in [-0.39, 0.29) is 5.91 Å². The van der Waals surface area contributed by atoms with Crippen LogP contribution in [0.25, 0.3) is 0 Å². The number of hydrogen-bond donors (Lipinski definition) is 1. The number of nitrogens with one attached hydrogen (secondary N) is 1. The molecule has 1 heterocycles. The van der Waals surface area contributed by atoms with Crippen LogP contribution < -0.4 is 5.32 Å². The first-order valence-electron chi connectivity index (χ1n) is 7.01. The Morgan fingerprint density at radius 2 is 2.00 bits per heavy atom. The molecule has 0 bridgehead atoms. The second-order valence-corrected chi connectivity index (χ2v) is 4.84. The summed E-state index contributed by atoms with van der Waals surface area (Å²) in [5.41, 5.74) is 3.27. The Bertz CT molecular complexity index is 570. The van der Waals surface area contributed by atoms with Crippen molar-refractivity contribution >= 4 is 5.91 Å². The zero-order valence-corrected chi connectivity index (χ0v) is 12.2. The zero-order chi connectivity index (χ0) is 14.9. The molecule has 0 atom stereocenters. The van der Waals surface area contributed by atoms with Gasteiger partial charge in [-0.15, -0.1) is 0 Å². The van der Waals surface area contributed by atoms with E-state index in [1.54, 1.807) is 19.5 Å². The molecule has 0 aliphatic heterocycles. The number of benzene rings is 1. The highest BCUT2D eigenvalue weighted by Crippen LogP contribution is 2.09. The molecule has 0 unspecified atom stereocenters. The van der Waals surface area contributed by atoms with Gasteiger partial charge in [0.25, 0.3) is 0 Å². The maximum absolute atomic E-state index is 11.9. The minimum absolute atomic E-state index is 0.0473. The molecule has 4 nitrogen and oxygen atoms in total. The lowest BCUT2D eigenvalue weighted by Gasteiger charge is -2.10. The fraction of sp³-hybridized carbons (Fsp3) is 0.294. The third kappa shape index (κ3) is 5.00. The minimum Gasteiger partial charge on any atom is -0.380 e. The molecule has 0 aliphatic rings. The second kappa shape index (κ2) is 8.17. The predicted molar refractivity (Wildman–Crippen MR) is 81.6 cm³/mol. The average Bonchev–Trinajstić information content (AvgIpc) is 2.53. The summed E-state index contributed by atoms with van der Waals surface area (Å²) in [4.78, 5) is 15.9. The lowest BCUT2D eigenvalue weighted by atomic mass is 10.1. The summed E-state index contributed by atoms with van der Waals surface area (Å²) in [6, 6.07) is 11.8. The third-order valence-corrected chi connectivity index (χ3v) is 3.26. The molecule has 4 heteroatoms. The van der Waals surface area contributed by atoms with Crippen LogP contribution in [0.5, 0.6) is 0 Å². The molecule has 0 fully saturated rings. The second-order valence-electron chi connectivity index (χ2n) is 4.84. The highest BCUT2D eigenvalue weighted by atomic mass is 16.5. The summed E-state index contributed by atoms with van der Waals surface area (Å²) in [7, 11) is 1.67. The molecule has 0 aliphatic carbocycles. The Kier molecular flexibility index (Phi) is 5.91. The zero-order valence-electron chi connectivity index (χ0n) is 12.2. The van der Waals surface area contributed by atoms with Crippen molar-refractivity contribution < 1.29 is 9.53 Å². The SMILES string of the molecule is COCc1ccccc1CNC(=O)CCc1cccnc1. The number of carbonyl (C=O) groups excluding carboxylic acids is 1. The van der Waals surface area contributed by atoms with Gasteiger partial charge in [-0.05, 0) is 29.2 Å². The Labute approximate surface area is 125 Å². The Hall–Kier alpha value is -2.20. The van der Waals surface area contributed by atoms with Crippen LogP contribution in [0.3, 0.4) is 0 Å². The number of ether oxygens (including phenoxy) is 1. The Balaban J connectivity index is 1.81. The van der Waals surface area contributed by atoms with E-state index < -0.39 is 0 Å². The van der Waals surface area contributed by atoms with Gasteiger partial charge in [0, 0.05) is 32.5 Å². The van der Waals surface area contributed by atoms with Crippen molar-refractivity contribution in [3.8, 4) is 0 Å². The molecule has 1 aromatic heterocycles. The summed E-state index contributed by atoms with van der Waals surface area (Å²) in [5.74, 6) is 0.0473. The minimum atomic E-state index is 0.0473. The standard InChI is InChI=1S/C17H20N2O2/c1-21-13-16-7-3-2-6-15(16)12-19-17(20)9-8-14-5-4-10-18-11-14/h2-7,10-11H,8-9,12-13H2,1H3,(H,19,20). The van der Waals surface area contributed by atoms with Crippen molar-refractivity contribution in [3.05, 3.63) is 65.5 Å². The van der Waals surface area contributed by atoms with Gasteiger partial charge in [0.2, 0.25) is 5.91 Å². The number of aryl methyl sites for hydroxylation is 1. The highest BCUT2D eigenvalue weighted by Gasteiger charge is 2.05. The van der Waals surface area contributed by atoms with Gasteiger partial charge in [0.15, 0.2) is 0 Å². The fourth-order valence-corrected chi connectivity index (χ4v) is 2.11. The van der Waals surface area contributed by atoms with Crippen molar-refractivity contribution in [2.24, 2.45) is 0 Å². The van der Waals surface area contributed by atoms with Gasteiger partial charge in [0.1, 0.15) is 0 Å². The van der Waals surface area contributed by atoms with E-state index in [1.165, 1.54) is 0 Å². The molecule has 0 radical (unpaired) electrons. The number of nitrogens with zero attached hydrogens (tertiary/aromatic N) is 1. The van der Waals surface area contributed by atoms with Gasteiger partial charge < -0.3 is 10.1 Å². The fourth-order valence-electron chi connectivity index (χ4n) is 2.11. The van der Waals surface area contributed by atoms with Gasteiger partial charge in [-0.3, -0.25) is 9.78 Å². The smallest absolute Gasteiger partial charge is 0.220 e. The largest absolute Gasteiger partial charge is 0.380 e. The molecule has 1 amide bonds. The number of rotatable bonds is 7. The quantitative estimate of drug-likeness (QED) is 0.850. The normalized spacial score (nSPS) is 10.3. The molecule has 0 saturated heterocycles. The van der Waals surface area contributed by atoms with Crippen molar-refractivity contribution in [1.82, 2.24) is 10.3 Å². The van der Waals surface area contributed by atoms with Crippen molar-refractivity contribution in [2.75, 3.05) is 7.11 Å². The van der Waals surface area contributed by atoms with Gasteiger partial charge in [0.05, 0.1) is 6.61 Å². The van der Waals surface area contributed by atoms with Crippen LogP contribution in [0.1, 0.15) is 23.1 Å². The van der Waals surface area contributed by atoms with E-state index in [0.29, 0.717) is 26.0 Å². The maximum Gasteiger partial charge on any atom is 0.220 e. The molecule has 0 saturated carbocycles. The number of aromatic nitrogens is 1. The van der Waals surface area contributed by atoms with Crippen LogP contribution in [-0.2, 0) is 29.1 Å². The summed E-state index contributed by atoms with van der Waals surface area (Å²) in [5, 5.41) is 2.95. The molecule has 21 heavy (non-hydrogen) atoms. The van der Waals surface area contributed by atoms with E-state index in [1.807, 2.05) is 36.4 Å². The number of carbonyl (C=O) groups is 1. The molecule has 0 spiro atoms. The third-order valence-electron chi connectivity index (χ3n) is 3.26. The maximum atomic E-state index is 11.9. The average molecular weight is 284 g/mol. The summed E-state index contributed by atoms with van der Waals surface area (Å²) < 4.78 is 5.16. The molecule has 2 aromatic rings. The molecule has 1 N–H and O–H groups in total. The van der Waals surface area contributed by atoms with Gasteiger partial charge >= 0.3 is 0 Å². The lowest BCUT2D eigenvalue weighted by Crippen LogP contribution is -2.23.